The van der Waals surface area contributed by atoms with E-state index < -0.39 is 0 Å². The molecule has 2 aliphatic heterocycles. The van der Waals surface area contributed by atoms with E-state index in [2.05, 4.69) is 21.0 Å². The Morgan fingerprint density at radius 1 is 0.938 bits per heavy atom. The molecule has 1 saturated heterocycles. The minimum atomic E-state index is -0.313. The van der Waals surface area contributed by atoms with E-state index in [1.54, 1.807) is 12.3 Å². The molecular weight excluding hydrogens is 451 g/mol. The van der Waals surface area contributed by atoms with E-state index in [1.165, 1.54) is 10.2 Å². The number of halogens is 2. The Kier molecular flexibility index (Phi) is 5.95. The van der Waals surface area contributed by atoms with Crippen molar-refractivity contribution in [2.75, 3.05) is 37.9 Å². The van der Waals surface area contributed by atoms with Crippen LogP contribution < -0.4 is 19.9 Å². The van der Waals surface area contributed by atoms with Crippen molar-refractivity contribution in [1.29, 1.82) is 0 Å². The number of aromatic nitrogens is 2. The molecule has 7 nitrogen and oxygen atoms in total. The molecule has 0 N–H and O–H groups in total. The number of hydrogen-bond acceptors (Lipinski definition) is 6. The summed E-state index contributed by atoms with van der Waals surface area (Å²) in [7, 11) is 0. The second-order valence-corrected chi connectivity index (χ2v) is 8.63. The van der Waals surface area contributed by atoms with Gasteiger partial charge in [0.15, 0.2) is 11.5 Å². The van der Waals surface area contributed by atoms with E-state index in [1.807, 2.05) is 30.3 Å². The highest BCUT2D eigenvalue weighted by Gasteiger charge is 2.22. The normalized spacial score (nSPS) is 15.9. The number of rotatable bonds is 5. The second-order valence-electron chi connectivity index (χ2n) is 7.85. The fraction of sp³-hybridized carbons (Fsp3) is 0.304. The van der Waals surface area contributed by atoms with Crippen LogP contribution in [0.2, 0.25) is 10.0 Å². The van der Waals surface area contributed by atoms with Crippen molar-refractivity contribution in [1.82, 2.24) is 14.7 Å². The fourth-order valence-electron chi connectivity index (χ4n) is 4.02. The standard InChI is InChI=1S/C23H22Cl2N4O3/c24-18-4-2-1-3-17(18)14-29-23(30)22(25)19(12-26-29)28-9-7-27(8-10-28)13-16-5-6-20-21(11-16)32-15-31-20/h1-6,11-12H,7-10,13-15H2. The minimum absolute atomic E-state index is 0.191. The lowest BCUT2D eigenvalue weighted by Gasteiger charge is -2.36. The van der Waals surface area contributed by atoms with Crippen molar-refractivity contribution in [3.05, 3.63) is 80.2 Å². The summed E-state index contributed by atoms with van der Waals surface area (Å²) < 4.78 is 12.2. The molecule has 0 spiro atoms. The predicted molar refractivity (Wildman–Crippen MR) is 124 cm³/mol. The first-order chi connectivity index (χ1) is 15.6. The molecule has 0 amide bonds. The third kappa shape index (κ3) is 4.28. The third-order valence-electron chi connectivity index (χ3n) is 5.80. The van der Waals surface area contributed by atoms with Crippen molar-refractivity contribution < 1.29 is 9.47 Å². The molecule has 5 rings (SSSR count). The molecule has 0 radical (unpaired) electrons. The summed E-state index contributed by atoms with van der Waals surface area (Å²) in [5.74, 6) is 1.60. The van der Waals surface area contributed by atoms with E-state index in [9.17, 15) is 4.79 Å². The first-order valence-corrected chi connectivity index (χ1v) is 11.2. The zero-order valence-electron chi connectivity index (χ0n) is 17.3. The van der Waals surface area contributed by atoms with E-state index in [0.717, 1.165) is 49.8 Å². The average molecular weight is 473 g/mol. The number of ether oxygens (including phenoxy) is 2. The minimum Gasteiger partial charge on any atom is -0.454 e. The fourth-order valence-corrected chi connectivity index (χ4v) is 4.48. The molecule has 2 aromatic carbocycles. The number of benzene rings is 2. The number of piperazine rings is 1. The quantitative estimate of drug-likeness (QED) is 0.564. The maximum Gasteiger partial charge on any atom is 0.287 e. The summed E-state index contributed by atoms with van der Waals surface area (Å²) in [6, 6.07) is 13.5. The molecule has 1 aromatic heterocycles. The van der Waals surface area contributed by atoms with Crippen LogP contribution in [0.15, 0.2) is 53.5 Å². The number of fused-ring (bicyclic) bond motifs is 1. The highest BCUT2D eigenvalue weighted by atomic mass is 35.5. The van der Waals surface area contributed by atoms with Gasteiger partial charge in [0.25, 0.3) is 5.56 Å². The maximum absolute atomic E-state index is 12.8. The Labute approximate surface area is 195 Å². The average Bonchev–Trinajstić information content (AvgIpc) is 3.27. The Hall–Kier alpha value is -2.74. The van der Waals surface area contributed by atoms with Gasteiger partial charge in [0.2, 0.25) is 6.79 Å². The summed E-state index contributed by atoms with van der Waals surface area (Å²) in [4.78, 5) is 17.3. The van der Waals surface area contributed by atoms with Crippen LogP contribution in [0.25, 0.3) is 0 Å². The van der Waals surface area contributed by atoms with Crippen LogP contribution in [0.3, 0.4) is 0 Å². The third-order valence-corrected chi connectivity index (χ3v) is 6.52. The first kappa shape index (κ1) is 21.1. The molecule has 32 heavy (non-hydrogen) atoms. The molecular formula is C23H22Cl2N4O3. The summed E-state index contributed by atoms with van der Waals surface area (Å²) in [6.45, 7) is 4.63. The lowest BCUT2D eigenvalue weighted by Crippen LogP contribution is -2.46. The highest BCUT2D eigenvalue weighted by molar-refractivity contribution is 6.33. The van der Waals surface area contributed by atoms with E-state index >= 15 is 0 Å². The molecule has 166 valence electrons. The number of nitrogens with zero attached hydrogens (tertiary/aromatic N) is 4. The van der Waals surface area contributed by atoms with Crippen molar-refractivity contribution in [3.63, 3.8) is 0 Å². The zero-order chi connectivity index (χ0) is 22.1. The molecule has 3 aromatic rings. The largest absolute Gasteiger partial charge is 0.454 e. The Bertz CT molecular complexity index is 1190. The summed E-state index contributed by atoms with van der Waals surface area (Å²) in [5, 5.41) is 5.14. The summed E-state index contributed by atoms with van der Waals surface area (Å²) in [5.41, 5.74) is 2.37. The Morgan fingerprint density at radius 3 is 2.53 bits per heavy atom. The van der Waals surface area contributed by atoms with Crippen molar-refractivity contribution in [2.24, 2.45) is 0 Å². The van der Waals surface area contributed by atoms with Gasteiger partial charge in [0.1, 0.15) is 5.02 Å². The molecule has 0 bridgehead atoms. The van der Waals surface area contributed by atoms with E-state index in [0.29, 0.717) is 10.7 Å². The van der Waals surface area contributed by atoms with Gasteiger partial charge in [-0.1, -0.05) is 47.5 Å². The maximum atomic E-state index is 12.8. The molecule has 3 heterocycles. The molecule has 0 unspecified atom stereocenters. The van der Waals surface area contributed by atoms with Crippen LogP contribution >= 0.6 is 23.2 Å². The van der Waals surface area contributed by atoms with Gasteiger partial charge in [-0.05, 0) is 29.3 Å². The monoisotopic (exact) mass is 472 g/mol. The molecule has 1 fully saturated rings. The predicted octanol–water partition coefficient (Wildman–Crippen LogP) is 3.65. The molecule has 0 saturated carbocycles. The lowest BCUT2D eigenvalue weighted by atomic mass is 10.1. The van der Waals surface area contributed by atoms with Gasteiger partial charge in [0, 0.05) is 37.7 Å². The van der Waals surface area contributed by atoms with Gasteiger partial charge in [-0.3, -0.25) is 9.69 Å². The highest BCUT2D eigenvalue weighted by Crippen LogP contribution is 2.33. The number of anilines is 1. The van der Waals surface area contributed by atoms with Crippen LogP contribution in [0.1, 0.15) is 11.1 Å². The molecule has 0 aliphatic carbocycles. The van der Waals surface area contributed by atoms with Crippen molar-refractivity contribution in [3.8, 4) is 11.5 Å². The lowest BCUT2D eigenvalue weighted by molar-refractivity contribution is 0.174. The van der Waals surface area contributed by atoms with Crippen molar-refractivity contribution in [2.45, 2.75) is 13.1 Å². The molecule has 9 heteroatoms. The van der Waals surface area contributed by atoms with Gasteiger partial charge >= 0.3 is 0 Å². The van der Waals surface area contributed by atoms with Gasteiger partial charge in [0.05, 0.1) is 18.4 Å². The number of hydrogen-bond donors (Lipinski definition) is 0. The topological polar surface area (TPSA) is 59.8 Å². The Balaban J connectivity index is 1.24. The molecule has 2 aliphatic rings. The summed E-state index contributed by atoms with van der Waals surface area (Å²) >= 11 is 12.7. The van der Waals surface area contributed by atoms with E-state index in [-0.39, 0.29) is 23.9 Å². The first-order valence-electron chi connectivity index (χ1n) is 10.4. The van der Waals surface area contributed by atoms with Crippen molar-refractivity contribution >= 4 is 28.9 Å². The van der Waals surface area contributed by atoms with Crippen LogP contribution in [0.5, 0.6) is 11.5 Å². The zero-order valence-corrected chi connectivity index (χ0v) is 18.8. The SMILES string of the molecule is O=c1c(Cl)c(N2CCN(Cc3ccc4c(c3)OCO4)CC2)cnn1Cc1ccccc1Cl. The van der Waals surface area contributed by atoms with Crippen LogP contribution in [0, 0.1) is 0 Å². The van der Waals surface area contributed by atoms with Gasteiger partial charge in [-0.15, -0.1) is 0 Å². The summed E-state index contributed by atoms with van der Waals surface area (Å²) in [6.07, 6.45) is 1.67. The van der Waals surface area contributed by atoms with Gasteiger partial charge in [-0.25, -0.2) is 4.68 Å². The van der Waals surface area contributed by atoms with Gasteiger partial charge < -0.3 is 14.4 Å². The molecule has 0 atom stereocenters. The van der Waals surface area contributed by atoms with E-state index in [4.69, 9.17) is 32.7 Å². The van der Waals surface area contributed by atoms with Crippen LogP contribution in [0.4, 0.5) is 5.69 Å². The van der Waals surface area contributed by atoms with Crippen LogP contribution in [-0.4, -0.2) is 47.7 Å². The van der Waals surface area contributed by atoms with Gasteiger partial charge in [-0.2, -0.15) is 5.10 Å². The smallest absolute Gasteiger partial charge is 0.287 e. The second kappa shape index (κ2) is 9.02. The Morgan fingerprint density at radius 2 is 1.72 bits per heavy atom. The van der Waals surface area contributed by atoms with Crippen LogP contribution in [-0.2, 0) is 13.1 Å².